The van der Waals surface area contributed by atoms with Gasteiger partial charge in [-0.3, -0.25) is 19.4 Å². The summed E-state index contributed by atoms with van der Waals surface area (Å²) in [6.07, 6.45) is 3.08. The van der Waals surface area contributed by atoms with E-state index < -0.39 is 0 Å². The van der Waals surface area contributed by atoms with E-state index in [9.17, 15) is 9.59 Å². The van der Waals surface area contributed by atoms with Crippen LogP contribution in [-0.2, 0) is 23.7 Å². The number of para-hydroxylation sites is 2. The van der Waals surface area contributed by atoms with E-state index >= 15 is 0 Å². The molecule has 0 saturated carbocycles. The number of hydrogen-bond acceptors (Lipinski definition) is 21. The number of aromatic nitrogens is 6. The maximum atomic E-state index is 12.9. The van der Waals surface area contributed by atoms with Crippen LogP contribution in [0.2, 0.25) is 10.0 Å². The van der Waals surface area contributed by atoms with Gasteiger partial charge in [-0.05, 0) is 51.0 Å². The van der Waals surface area contributed by atoms with Crippen molar-refractivity contribution in [3.8, 4) is 0 Å². The molecule has 0 spiro atoms. The van der Waals surface area contributed by atoms with E-state index in [2.05, 4.69) is 60.8 Å². The van der Waals surface area contributed by atoms with Gasteiger partial charge in [0.05, 0.1) is 99.9 Å². The molecule has 0 radical (unpaired) electrons. The Bertz CT molecular complexity index is 2640. The van der Waals surface area contributed by atoms with E-state index in [0.29, 0.717) is 131 Å². The molecule has 6 aromatic rings. The molecule has 6 heterocycles. The van der Waals surface area contributed by atoms with Crippen molar-refractivity contribution in [3.05, 3.63) is 103 Å². The number of hydrogen-bond donors (Lipinski definition) is 4. The Labute approximate surface area is 467 Å². The quantitative estimate of drug-likeness (QED) is 0.0345. The third-order valence-corrected chi connectivity index (χ3v) is 14.9. The number of benzene rings is 2. The molecule has 4 aromatic heterocycles. The second kappa shape index (κ2) is 29.3. The molecule has 0 aliphatic carbocycles. The normalized spacial score (nSPS) is 14.3. The van der Waals surface area contributed by atoms with Gasteiger partial charge in [-0.1, -0.05) is 70.1 Å². The van der Waals surface area contributed by atoms with Gasteiger partial charge in [0.1, 0.15) is 44.7 Å². The Morgan fingerprint density at radius 1 is 0.519 bits per heavy atom. The number of rotatable bonds is 28. The molecule has 2 saturated heterocycles. The number of nitrogens with one attached hydrogen (secondary N) is 4. The number of aryl methyl sites for hydroxylation is 4. The van der Waals surface area contributed by atoms with Crippen molar-refractivity contribution in [3.63, 3.8) is 0 Å². The van der Waals surface area contributed by atoms with Gasteiger partial charge in [-0.2, -0.15) is 0 Å². The predicted octanol–water partition coefficient (Wildman–Crippen LogP) is 7.74. The van der Waals surface area contributed by atoms with Gasteiger partial charge in [0.15, 0.2) is 10.3 Å². The summed E-state index contributed by atoms with van der Waals surface area (Å²) in [7, 11) is 0. The number of nitrogens with zero attached hydrogens (tertiary/aromatic N) is 10. The van der Waals surface area contributed by atoms with Crippen molar-refractivity contribution >= 4 is 103 Å². The highest BCUT2D eigenvalue weighted by Crippen LogP contribution is 2.31. The van der Waals surface area contributed by atoms with Crippen LogP contribution < -0.4 is 31.1 Å². The van der Waals surface area contributed by atoms with Crippen LogP contribution in [0.3, 0.4) is 0 Å². The van der Waals surface area contributed by atoms with Crippen LogP contribution in [0.1, 0.15) is 42.1 Å². The van der Waals surface area contributed by atoms with Gasteiger partial charge >= 0.3 is 0 Å². The fraction of sp³-hybridized carbons (Fsp3) is 0.462. The molecule has 0 unspecified atom stereocenters. The minimum Gasteiger partial charge on any atom is -0.378 e. The zero-order valence-electron chi connectivity index (χ0n) is 43.8. The molecule has 2 aliphatic rings. The molecule has 8 rings (SSSR count). The SMILES string of the molecule is Cc1nc(Nc2ncc(C(=O)Nc3c(C)cccc3Cl)s2)cc(N2CCN(CCOCCOCCOCCOCCOCCN3CCN(c4cc(Nc5ncc(C(=O)Nc6c(C)cccc6Cl)s5)nc(C)n4)CC3)CC2)n1. The van der Waals surface area contributed by atoms with Gasteiger partial charge < -0.3 is 54.8 Å². The maximum absolute atomic E-state index is 12.9. The molecule has 21 nitrogen and oxygen atoms in total. The lowest BCUT2D eigenvalue weighted by Crippen LogP contribution is -2.47. The van der Waals surface area contributed by atoms with E-state index in [1.54, 1.807) is 12.1 Å². The van der Waals surface area contributed by atoms with Crippen LogP contribution in [-0.4, -0.2) is 183 Å². The Hall–Kier alpha value is -5.70. The summed E-state index contributed by atoms with van der Waals surface area (Å²) in [4.78, 5) is 63.4. The molecule has 2 aromatic carbocycles. The third kappa shape index (κ3) is 17.7. The van der Waals surface area contributed by atoms with Gasteiger partial charge in [-0.15, -0.1) is 0 Å². The number of ether oxygens (including phenoxy) is 5. The zero-order chi connectivity index (χ0) is 53.9. The molecule has 2 aliphatic heterocycles. The molecule has 2 amide bonds. The van der Waals surface area contributed by atoms with Crippen molar-refractivity contribution in [2.24, 2.45) is 0 Å². The average molecular weight is 1130 g/mol. The van der Waals surface area contributed by atoms with Crippen LogP contribution in [0.5, 0.6) is 0 Å². The fourth-order valence-electron chi connectivity index (χ4n) is 8.35. The number of anilines is 8. The third-order valence-electron chi connectivity index (χ3n) is 12.5. The van der Waals surface area contributed by atoms with Crippen LogP contribution in [0.25, 0.3) is 0 Å². The maximum Gasteiger partial charge on any atom is 0.267 e. The topological polar surface area (TPSA) is 219 Å². The summed E-state index contributed by atoms with van der Waals surface area (Å²) < 4.78 is 28.7. The Morgan fingerprint density at radius 3 is 1.25 bits per heavy atom. The van der Waals surface area contributed by atoms with E-state index in [1.165, 1.54) is 35.1 Å². The second-order valence-electron chi connectivity index (χ2n) is 18.1. The van der Waals surface area contributed by atoms with Crippen molar-refractivity contribution < 1.29 is 33.3 Å². The summed E-state index contributed by atoms with van der Waals surface area (Å²) in [6.45, 7) is 21.4. The molecule has 2 fully saturated rings. The number of carbonyl (C=O) groups is 2. The molecule has 4 N–H and O–H groups in total. The predicted molar refractivity (Wildman–Crippen MR) is 304 cm³/mol. The largest absolute Gasteiger partial charge is 0.378 e. The van der Waals surface area contributed by atoms with Gasteiger partial charge in [0.25, 0.3) is 11.8 Å². The Balaban J connectivity index is 0.596. The highest BCUT2D eigenvalue weighted by molar-refractivity contribution is 7.18. The number of carbonyl (C=O) groups excluding carboxylic acids is 2. The first-order chi connectivity index (χ1) is 37.4. The van der Waals surface area contributed by atoms with E-state index in [4.69, 9.17) is 56.9 Å². The molecule has 412 valence electrons. The first-order valence-corrected chi connectivity index (χ1v) is 28.0. The lowest BCUT2D eigenvalue weighted by Gasteiger charge is -2.35. The minimum atomic E-state index is -0.277. The van der Waals surface area contributed by atoms with E-state index in [1.807, 2.05) is 64.1 Å². The summed E-state index contributed by atoms with van der Waals surface area (Å²) in [6, 6.07) is 14.8. The summed E-state index contributed by atoms with van der Waals surface area (Å²) >= 11 is 15.1. The first kappa shape index (κ1) is 57.5. The lowest BCUT2D eigenvalue weighted by atomic mass is 10.2. The molecule has 0 bridgehead atoms. The molecule has 0 atom stereocenters. The van der Waals surface area contributed by atoms with Crippen LogP contribution in [0.15, 0.2) is 60.9 Å². The van der Waals surface area contributed by atoms with Gasteiger partial charge in [0.2, 0.25) is 0 Å². The number of amides is 2. The molecular formula is C52H66Cl2N14O7S2. The number of halogens is 2. The zero-order valence-corrected chi connectivity index (χ0v) is 47.0. The Kier molecular flexibility index (Phi) is 21.9. The van der Waals surface area contributed by atoms with E-state index in [-0.39, 0.29) is 11.8 Å². The van der Waals surface area contributed by atoms with E-state index in [0.717, 1.165) is 88.2 Å². The highest BCUT2D eigenvalue weighted by Gasteiger charge is 2.22. The fourth-order valence-corrected chi connectivity index (χ4v) is 10.3. The van der Waals surface area contributed by atoms with Crippen LogP contribution in [0.4, 0.5) is 44.9 Å². The average Bonchev–Trinajstić information content (AvgIpc) is 4.10. The van der Waals surface area contributed by atoms with Gasteiger partial charge in [0, 0.05) is 77.6 Å². The highest BCUT2D eigenvalue weighted by atomic mass is 35.5. The summed E-state index contributed by atoms with van der Waals surface area (Å²) in [5.74, 6) is 3.65. The molecule has 77 heavy (non-hydrogen) atoms. The standard InChI is InChI=1S/C52H66Cl2N14O7S2/c1-35-7-5-9-39(53)47(35)63-49(69)41-33-55-51(76-41)61-43-31-45(59-37(3)57-43)67-15-11-65(12-16-67)19-21-71-23-25-73-27-29-75-30-28-74-26-24-72-22-20-66-13-17-68(18-14-66)46-32-44(58-38(4)60-46)62-52-56-34-42(77-52)50(70)64-48-36(2)8-6-10-40(48)54/h5-10,31-34H,11-30H2,1-4H3,(H,63,69)(H,64,70)(H,55,57,59,61)(H,56,58,60,62). The smallest absolute Gasteiger partial charge is 0.267 e. The number of piperazine rings is 2. The lowest BCUT2D eigenvalue weighted by molar-refractivity contribution is -0.0134. The van der Waals surface area contributed by atoms with Gasteiger partial charge in [-0.25, -0.2) is 29.9 Å². The van der Waals surface area contributed by atoms with Crippen molar-refractivity contribution in [1.82, 2.24) is 39.7 Å². The molecule has 25 heteroatoms. The Morgan fingerprint density at radius 2 is 0.883 bits per heavy atom. The van der Waals surface area contributed by atoms with Crippen LogP contribution in [0, 0.1) is 27.7 Å². The van der Waals surface area contributed by atoms with Crippen molar-refractivity contribution in [2.75, 3.05) is 163 Å². The minimum absolute atomic E-state index is 0.277. The van der Waals surface area contributed by atoms with Crippen molar-refractivity contribution in [2.45, 2.75) is 27.7 Å². The first-order valence-electron chi connectivity index (χ1n) is 25.6. The second-order valence-corrected chi connectivity index (χ2v) is 21.0. The van der Waals surface area contributed by atoms with Crippen LogP contribution >= 0.6 is 45.9 Å². The number of thiazole rings is 2. The molecular weight excluding hydrogens is 1070 g/mol. The van der Waals surface area contributed by atoms with Crippen molar-refractivity contribution in [1.29, 1.82) is 0 Å². The summed E-state index contributed by atoms with van der Waals surface area (Å²) in [5, 5.41) is 14.4. The monoisotopic (exact) mass is 1130 g/mol. The summed E-state index contributed by atoms with van der Waals surface area (Å²) in [5.41, 5.74) is 2.94.